The molecule has 0 aliphatic rings. The summed E-state index contributed by atoms with van der Waals surface area (Å²) in [6.07, 6.45) is 0.400. The summed E-state index contributed by atoms with van der Waals surface area (Å²) < 4.78 is 11.5. The number of hydrogen-bond acceptors (Lipinski definition) is 4. The molecule has 0 radical (unpaired) electrons. The molecule has 0 aliphatic carbocycles. The molecule has 5 heteroatoms. The van der Waals surface area contributed by atoms with E-state index in [2.05, 4.69) is 0 Å². The lowest BCUT2D eigenvalue weighted by atomic mass is 9.92. The molecular weight excluding hydrogens is 330 g/mol. The summed E-state index contributed by atoms with van der Waals surface area (Å²) in [5.41, 5.74) is 1.70. The number of benzene rings is 2. The Labute approximate surface area is 155 Å². The minimum absolute atomic E-state index is 0.400. The topological polar surface area (TPSA) is 59.0 Å². The highest BCUT2D eigenvalue weighted by atomic mass is 16.5. The second-order valence-electron chi connectivity index (χ2n) is 6.37. The van der Waals surface area contributed by atoms with Gasteiger partial charge < -0.3 is 19.5 Å². The van der Waals surface area contributed by atoms with Crippen LogP contribution in [0.15, 0.2) is 48.5 Å². The van der Waals surface area contributed by atoms with E-state index in [0.717, 1.165) is 17.7 Å². The monoisotopic (exact) mass is 357 g/mol. The Kier molecular flexibility index (Phi) is 7.48. The third kappa shape index (κ3) is 5.77. The van der Waals surface area contributed by atoms with Gasteiger partial charge in [-0.15, -0.1) is 0 Å². The minimum atomic E-state index is -0.833. The molecule has 1 atom stereocenters. The highest BCUT2D eigenvalue weighted by Gasteiger charge is 2.21. The van der Waals surface area contributed by atoms with Crippen molar-refractivity contribution >= 4 is 5.97 Å². The third-order valence-electron chi connectivity index (χ3n) is 4.04. The van der Waals surface area contributed by atoms with Crippen LogP contribution in [0, 0.1) is 0 Å². The van der Waals surface area contributed by atoms with Gasteiger partial charge in [0.1, 0.15) is 6.61 Å². The number of ether oxygens (including phenoxy) is 2. The molecule has 1 N–H and O–H groups in total. The van der Waals surface area contributed by atoms with Gasteiger partial charge in [0.05, 0.1) is 12.5 Å². The minimum Gasteiger partial charge on any atom is -0.490 e. The maximum atomic E-state index is 11.7. The molecular formula is C21H27NO4. The van der Waals surface area contributed by atoms with Crippen molar-refractivity contribution < 1.29 is 19.4 Å². The molecule has 5 nitrogen and oxygen atoms in total. The largest absolute Gasteiger partial charge is 0.490 e. The average molecular weight is 357 g/mol. The maximum absolute atomic E-state index is 11.7. The second-order valence-corrected chi connectivity index (χ2v) is 6.37. The van der Waals surface area contributed by atoms with Gasteiger partial charge in [-0.25, -0.2) is 0 Å². The van der Waals surface area contributed by atoms with Crippen LogP contribution in [0.2, 0.25) is 0 Å². The number of hydrogen-bond donors (Lipinski definition) is 1. The standard InChI is InChI=1S/C21H27NO4/c1-4-25-20-15-16(10-11-19(20)26-13-12-22(2)3)14-18(21(23)24)17-8-6-5-7-9-17/h5-11,15,18H,4,12-14H2,1-3H3,(H,23,24). The summed E-state index contributed by atoms with van der Waals surface area (Å²) >= 11 is 0. The fourth-order valence-electron chi connectivity index (χ4n) is 2.67. The van der Waals surface area contributed by atoms with Gasteiger partial charge in [-0.2, -0.15) is 0 Å². The van der Waals surface area contributed by atoms with Crippen LogP contribution >= 0.6 is 0 Å². The Balaban J connectivity index is 2.17. The van der Waals surface area contributed by atoms with E-state index in [1.165, 1.54) is 0 Å². The third-order valence-corrected chi connectivity index (χ3v) is 4.04. The summed E-state index contributed by atoms with van der Waals surface area (Å²) in [5.74, 6) is -0.0864. The van der Waals surface area contributed by atoms with Crippen LogP contribution in [0.4, 0.5) is 0 Å². The van der Waals surface area contributed by atoms with Gasteiger partial charge in [-0.3, -0.25) is 4.79 Å². The van der Waals surface area contributed by atoms with Crippen LogP contribution in [-0.2, 0) is 11.2 Å². The predicted octanol–water partition coefficient (Wildman–Crippen LogP) is 3.44. The quantitative estimate of drug-likeness (QED) is 0.706. The van der Waals surface area contributed by atoms with Crippen molar-refractivity contribution in [2.75, 3.05) is 33.9 Å². The number of aliphatic carboxylic acids is 1. The summed E-state index contributed by atoms with van der Waals surface area (Å²) in [6.45, 7) is 3.81. The molecule has 0 bridgehead atoms. The van der Waals surface area contributed by atoms with Crippen LogP contribution in [0.1, 0.15) is 24.0 Å². The molecule has 2 rings (SSSR count). The normalized spacial score (nSPS) is 12.0. The summed E-state index contributed by atoms with van der Waals surface area (Å²) in [6, 6.07) is 15.0. The molecule has 0 spiro atoms. The molecule has 26 heavy (non-hydrogen) atoms. The number of carboxylic acids is 1. The number of rotatable bonds is 10. The van der Waals surface area contributed by atoms with Crippen LogP contribution in [0.25, 0.3) is 0 Å². The van der Waals surface area contributed by atoms with E-state index < -0.39 is 11.9 Å². The van der Waals surface area contributed by atoms with E-state index >= 15 is 0 Å². The van der Waals surface area contributed by atoms with Gasteiger partial charge in [-0.1, -0.05) is 36.4 Å². The lowest BCUT2D eigenvalue weighted by Crippen LogP contribution is -2.19. The Bertz CT molecular complexity index is 700. The maximum Gasteiger partial charge on any atom is 0.311 e. The molecule has 0 fully saturated rings. The first kappa shape index (κ1) is 19.8. The van der Waals surface area contributed by atoms with Crippen LogP contribution in [0.5, 0.6) is 11.5 Å². The number of likely N-dealkylation sites (N-methyl/N-ethyl adjacent to an activating group) is 1. The van der Waals surface area contributed by atoms with Crippen molar-refractivity contribution in [3.63, 3.8) is 0 Å². The molecule has 0 saturated heterocycles. The number of carbonyl (C=O) groups is 1. The van der Waals surface area contributed by atoms with E-state index in [1.54, 1.807) is 0 Å². The van der Waals surface area contributed by atoms with Crippen LogP contribution in [0.3, 0.4) is 0 Å². The van der Waals surface area contributed by atoms with Crippen LogP contribution in [-0.4, -0.2) is 49.8 Å². The average Bonchev–Trinajstić information content (AvgIpc) is 2.61. The SMILES string of the molecule is CCOc1cc(CC(C(=O)O)c2ccccc2)ccc1OCCN(C)C. The van der Waals surface area contributed by atoms with Gasteiger partial charge in [0.2, 0.25) is 0 Å². The fourth-order valence-corrected chi connectivity index (χ4v) is 2.67. The Hall–Kier alpha value is -2.53. The first-order chi connectivity index (χ1) is 12.5. The highest BCUT2D eigenvalue weighted by Crippen LogP contribution is 2.31. The second kappa shape index (κ2) is 9.82. The molecule has 0 aliphatic heterocycles. The summed E-state index contributed by atoms with van der Waals surface area (Å²) in [4.78, 5) is 13.8. The summed E-state index contributed by atoms with van der Waals surface area (Å²) in [7, 11) is 3.98. The highest BCUT2D eigenvalue weighted by molar-refractivity contribution is 5.76. The van der Waals surface area contributed by atoms with Gasteiger partial charge in [0, 0.05) is 6.54 Å². The van der Waals surface area contributed by atoms with E-state index in [1.807, 2.05) is 74.4 Å². The Morgan fingerprint density at radius 2 is 1.81 bits per heavy atom. The van der Waals surface area contributed by atoms with Gasteiger partial charge in [0.15, 0.2) is 11.5 Å². The molecule has 0 saturated carbocycles. The first-order valence-corrected chi connectivity index (χ1v) is 8.82. The van der Waals surface area contributed by atoms with Crippen molar-refractivity contribution in [2.45, 2.75) is 19.3 Å². The predicted molar refractivity (Wildman–Crippen MR) is 102 cm³/mol. The van der Waals surface area contributed by atoms with E-state index in [4.69, 9.17) is 9.47 Å². The van der Waals surface area contributed by atoms with Crippen molar-refractivity contribution in [2.24, 2.45) is 0 Å². The van der Waals surface area contributed by atoms with Crippen molar-refractivity contribution in [3.05, 3.63) is 59.7 Å². The van der Waals surface area contributed by atoms with Crippen molar-refractivity contribution in [1.29, 1.82) is 0 Å². The van der Waals surface area contributed by atoms with Crippen molar-refractivity contribution in [1.82, 2.24) is 4.90 Å². The lowest BCUT2D eigenvalue weighted by molar-refractivity contribution is -0.138. The van der Waals surface area contributed by atoms with E-state index in [0.29, 0.717) is 31.1 Å². The zero-order chi connectivity index (χ0) is 18.9. The summed E-state index contributed by atoms with van der Waals surface area (Å²) in [5, 5.41) is 9.62. The first-order valence-electron chi connectivity index (χ1n) is 8.82. The van der Waals surface area contributed by atoms with Crippen molar-refractivity contribution in [3.8, 4) is 11.5 Å². The van der Waals surface area contributed by atoms with Crippen LogP contribution < -0.4 is 9.47 Å². The van der Waals surface area contributed by atoms with Gasteiger partial charge >= 0.3 is 5.97 Å². The fraction of sp³-hybridized carbons (Fsp3) is 0.381. The Morgan fingerprint density at radius 3 is 2.42 bits per heavy atom. The molecule has 140 valence electrons. The lowest BCUT2D eigenvalue weighted by Gasteiger charge is -2.17. The van der Waals surface area contributed by atoms with Gasteiger partial charge in [0.25, 0.3) is 0 Å². The zero-order valence-corrected chi connectivity index (χ0v) is 15.6. The van der Waals surface area contributed by atoms with E-state index in [9.17, 15) is 9.90 Å². The smallest absolute Gasteiger partial charge is 0.311 e. The zero-order valence-electron chi connectivity index (χ0n) is 15.6. The van der Waals surface area contributed by atoms with Gasteiger partial charge in [-0.05, 0) is 50.7 Å². The number of carboxylic acid groups (broad SMARTS) is 1. The molecule has 2 aromatic rings. The Morgan fingerprint density at radius 1 is 1.08 bits per heavy atom. The number of nitrogens with zero attached hydrogens (tertiary/aromatic N) is 1. The molecule has 0 aromatic heterocycles. The molecule has 0 heterocycles. The molecule has 1 unspecified atom stereocenters. The molecule has 0 amide bonds. The molecule has 2 aromatic carbocycles. The van der Waals surface area contributed by atoms with E-state index in [-0.39, 0.29) is 0 Å².